The van der Waals surface area contributed by atoms with Crippen molar-refractivity contribution in [3.8, 4) is 0 Å². The topological polar surface area (TPSA) is 72.8 Å². The summed E-state index contributed by atoms with van der Waals surface area (Å²) < 4.78 is 10.6. The van der Waals surface area contributed by atoms with Crippen molar-refractivity contribution in [2.45, 2.75) is 200 Å². The summed E-state index contributed by atoms with van der Waals surface area (Å²) in [5.74, 6) is -0.641. The minimum atomic E-state index is -0.794. The molecular formula is C45H78O5. The Kier molecular flexibility index (Phi) is 39.1. The number of esters is 2. The predicted octanol–water partition coefficient (Wildman–Crippen LogP) is 13.2. The second-order valence-electron chi connectivity index (χ2n) is 13.7. The first-order chi connectivity index (χ1) is 24.6. The van der Waals surface area contributed by atoms with Crippen LogP contribution in [0.1, 0.15) is 194 Å². The van der Waals surface area contributed by atoms with Crippen LogP contribution in [0, 0.1) is 0 Å². The highest BCUT2D eigenvalue weighted by Gasteiger charge is 2.16. The smallest absolute Gasteiger partial charge is 0.306 e. The van der Waals surface area contributed by atoms with Crippen LogP contribution in [0.4, 0.5) is 0 Å². The van der Waals surface area contributed by atoms with Crippen molar-refractivity contribution >= 4 is 11.9 Å². The number of allylic oxidation sites excluding steroid dienone is 10. The van der Waals surface area contributed by atoms with Crippen LogP contribution in [0.15, 0.2) is 60.8 Å². The zero-order valence-electron chi connectivity index (χ0n) is 32.6. The molecule has 0 spiro atoms. The molecule has 1 N–H and O–H groups in total. The number of aliphatic hydroxyl groups excluding tert-OH is 1. The second-order valence-corrected chi connectivity index (χ2v) is 13.7. The molecule has 0 radical (unpaired) electrons. The molecule has 0 aromatic rings. The van der Waals surface area contributed by atoms with E-state index in [9.17, 15) is 14.7 Å². The average Bonchev–Trinajstić information content (AvgIpc) is 3.12. The van der Waals surface area contributed by atoms with E-state index in [1.165, 1.54) is 103 Å². The van der Waals surface area contributed by atoms with Gasteiger partial charge in [-0.05, 0) is 77.0 Å². The van der Waals surface area contributed by atoms with Gasteiger partial charge in [0.2, 0.25) is 0 Å². The first kappa shape index (κ1) is 47.6. The molecule has 0 amide bonds. The first-order valence-corrected chi connectivity index (χ1v) is 20.8. The molecule has 50 heavy (non-hydrogen) atoms. The van der Waals surface area contributed by atoms with Crippen molar-refractivity contribution in [1.82, 2.24) is 0 Å². The Bertz CT molecular complexity index is 884. The Labute approximate surface area is 309 Å². The summed E-state index contributed by atoms with van der Waals surface area (Å²) in [5.41, 5.74) is 0. The molecule has 0 aliphatic rings. The van der Waals surface area contributed by atoms with Gasteiger partial charge in [0.1, 0.15) is 6.61 Å². The van der Waals surface area contributed by atoms with E-state index in [2.05, 4.69) is 74.6 Å². The van der Waals surface area contributed by atoms with Gasteiger partial charge in [-0.25, -0.2) is 0 Å². The standard InChI is InChI=1S/C45H78O5/c1-3-5-7-9-11-13-15-17-19-20-21-22-23-24-26-27-29-31-33-35-37-39-44(47)49-42-43(41-46)50-45(48)40-38-36-34-32-30-28-25-18-16-14-12-10-8-6-4-2/h6,8,12,14,17-19,25,30,32,43,46H,3-5,7,9-11,13,15-16,20-24,26-29,31,33-42H2,1-2H3/b8-6-,14-12-,19-17-,25-18-,32-30-/t43-/m0/s1. The lowest BCUT2D eigenvalue weighted by Gasteiger charge is -2.15. The number of carbonyl (C=O) groups excluding carboxylic acids is 2. The van der Waals surface area contributed by atoms with Crippen molar-refractivity contribution < 1.29 is 24.2 Å². The Morgan fingerprint density at radius 1 is 0.480 bits per heavy atom. The van der Waals surface area contributed by atoms with Crippen LogP contribution < -0.4 is 0 Å². The quantitative estimate of drug-likeness (QED) is 0.0397. The largest absolute Gasteiger partial charge is 0.462 e. The van der Waals surface area contributed by atoms with Crippen LogP contribution in [0.3, 0.4) is 0 Å². The zero-order valence-corrected chi connectivity index (χ0v) is 32.6. The predicted molar refractivity (Wildman–Crippen MR) is 214 cm³/mol. The van der Waals surface area contributed by atoms with Crippen LogP contribution in [-0.4, -0.2) is 36.4 Å². The monoisotopic (exact) mass is 699 g/mol. The summed E-state index contributed by atoms with van der Waals surface area (Å²) in [6.07, 6.45) is 52.9. The molecule has 0 rings (SSSR count). The van der Waals surface area contributed by atoms with E-state index >= 15 is 0 Å². The first-order valence-electron chi connectivity index (χ1n) is 20.8. The van der Waals surface area contributed by atoms with Gasteiger partial charge >= 0.3 is 11.9 Å². The lowest BCUT2D eigenvalue weighted by molar-refractivity contribution is -0.161. The molecule has 0 bridgehead atoms. The van der Waals surface area contributed by atoms with Crippen LogP contribution in [0.2, 0.25) is 0 Å². The Morgan fingerprint density at radius 2 is 0.860 bits per heavy atom. The number of aliphatic hydroxyl groups is 1. The van der Waals surface area contributed by atoms with Crippen LogP contribution in [0.5, 0.6) is 0 Å². The number of ether oxygens (including phenoxy) is 2. The minimum Gasteiger partial charge on any atom is -0.462 e. The maximum atomic E-state index is 12.2. The van der Waals surface area contributed by atoms with E-state index in [0.29, 0.717) is 12.8 Å². The summed E-state index contributed by atoms with van der Waals surface area (Å²) in [7, 11) is 0. The molecule has 0 heterocycles. The summed E-state index contributed by atoms with van der Waals surface area (Å²) >= 11 is 0. The van der Waals surface area contributed by atoms with Crippen molar-refractivity contribution in [3.63, 3.8) is 0 Å². The molecule has 0 aromatic heterocycles. The molecule has 0 saturated carbocycles. The van der Waals surface area contributed by atoms with E-state index in [4.69, 9.17) is 9.47 Å². The number of rotatable bonds is 37. The van der Waals surface area contributed by atoms with Crippen molar-refractivity contribution in [1.29, 1.82) is 0 Å². The van der Waals surface area contributed by atoms with Crippen LogP contribution in [0.25, 0.3) is 0 Å². The molecule has 5 nitrogen and oxygen atoms in total. The molecule has 0 fully saturated rings. The number of hydrogen-bond acceptors (Lipinski definition) is 5. The highest BCUT2D eigenvalue weighted by molar-refractivity contribution is 5.70. The molecule has 288 valence electrons. The van der Waals surface area contributed by atoms with E-state index < -0.39 is 6.10 Å². The molecule has 0 unspecified atom stereocenters. The third-order valence-electron chi connectivity index (χ3n) is 8.80. The lowest BCUT2D eigenvalue weighted by Crippen LogP contribution is -2.28. The third-order valence-corrected chi connectivity index (χ3v) is 8.80. The van der Waals surface area contributed by atoms with Gasteiger partial charge in [0.25, 0.3) is 0 Å². The normalized spacial score (nSPS) is 12.8. The van der Waals surface area contributed by atoms with E-state index in [1.54, 1.807) is 0 Å². The Morgan fingerprint density at radius 3 is 1.36 bits per heavy atom. The number of carbonyl (C=O) groups is 2. The average molecular weight is 699 g/mol. The molecule has 0 aliphatic heterocycles. The van der Waals surface area contributed by atoms with Gasteiger partial charge in [-0.1, -0.05) is 164 Å². The van der Waals surface area contributed by atoms with Gasteiger partial charge in [0.05, 0.1) is 6.61 Å². The summed E-state index contributed by atoms with van der Waals surface area (Å²) in [4.78, 5) is 24.3. The molecule has 0 saturated heterocycles. The van der Waals surface area contributed by atoms with Crippen LogP contribution >= 0.6 is 0 Å². The molecular weight excluding hydrogens is 620 g/mol. The number of hydrogen-bond donors (Lipinski definition) is 1. The Hall–Kier alpha value is -2.40. The van der Waals surface area contributed by atoms with Gasteiger partial charge < -0.3 is 14.6 Å². The lowest BCUT2D eigenvalue weighted by atomic mass is 10.0. The minimum absolute atomic E-state index is 0.0843. The van der Waals surface area contributed by atoms with Gasteiger partial charge in [0, 0.05) is 12.8 Å². The number of unbranched alkanes of at least 4 members (excludes halogenated alkanes) is 19. The Balaban J connectivity index is 3.58. The summed E-state index contributed by atoms with van der Waals surface area (Å²) in [6.45, 7) is 3.98. The molecule has 0 aromatic carbocycles. The maximum absolute atomic E-state index is 12.2. The molecule has 0 aliphatic carbocycles. The van der Waals surface area contributed by atoms with Gasteiger partial charge in [0.15, 0.2) is 6.10 Å². The van der Waals surface area contributed by atoms with Gasteiger partial charge in [-0.3, -0.25) is 9.59 Å². The fourth-order valence-corrected chi connectivity index (χ4v) is 5.66. The van der Waals surface area contributed by atoms with Crippen molar-refractivity contribution in [3.05, 3.63) is 60.8 Å². The second kappa shape index (κ2) is 41.0. The fourth-order valence-electron chi connectivity index (χ4n) is 5.66. The highest BCUT2D eigenvalue weighted by atomic mass is 16.6. The van der Waals surface area contributed by atoms with Gasteiger partial charge in [-0.15, -0.1) is 0 Å². The molecule has 5 heteroatoms. The summed E-state index contributed by atoms with van der Waals surface area (Å²) in [6, 6.07) is 0. The third kappa shape index (κ3) is 38.4. The van der Waals surface area contributed by atoms with E-state index in [0.717, 1.165) is 64.2 Å². The summed E-state index contributed by atoms with van der Waals surface area (Å²) in [5, 5.41) is 9.56. The highest BCUT2D eigenvalue weighted by Crippen LogP contribution is 2.14. The van der Waals surface area contributed by atoms with E-state index in [1.807, 2.05) is 0 Å². The van der Waals surface area contributed by atoms with Crippen molar-refractivity contribution in [2.24, 2.45) is 0 Å². The zero-order chi connectivity index (χ0) is 36.4. The van der Waals surface area contributed by atoms with Crippen LogP contribution in [-0.2, 0) is 19.1 Å². The van der Waals surface area contributed by atoms with Crippen molar-refractivity contribution in [2.75, 3.05) is 13.2 Å². The SMILES string of the molecule is CC/C=C\C/C=C\C/C=C\C/C=C\CCCCC(=O)O[C@@H](CO)COC(=O)CCCCCCCCCCCCC/C=C\CCCCCCCC. The maximum Gasteiger partial charge on any atom is 0.306 e. The molecule has 1 atom stereocenters. The fraction of sp³-hybridized carbons (Fsp3) is 0.733. The van der Waals surface area contributed by atoms with E-state index in [-0.39, 0.29) is 25.2 Å². The van der Waals surface area contributed by atoms with Gasteiger partial charge in [-0.2, -0.15) is 0 Å².